The summed E-state index contributed by atoms with van der Waals surface area (Å²) < 4.78 is 32.9. The fourth-order valence-corrected chi connectivity index (χ4v) is 5.35. The van der Waals surface area contributed by atoms with Crippen LogP contribution in [0.5, 0.6) is 5.75 Å². The molecule has 0 spiro atoms. The van der Waals surface area contributed by atoms with Crippen molar-refractivity contribution in [2.24, 2.45) is 0 Å². The summed E-state index contributed by atoms with van der Waals surface area (Å²) >= 11 is 0. The molecule has 1 heterocycles. The quantitative estimate of drug-likeness (QED) is 0.506. The van der Waals surface area contributed by atoms with E-state index in [1.165, 1.54) is 36.6 Å². The van der Waals surface area contributed by atoms with E-state index < -0.39 is 10.0 Å². The van der Waals surface area contributed by atoms with Crippen molar-refractivity contribution in [1.29, 1.82) is 0 Å². The molecular formula is C26H29N3O4S. The third kappa shape index (κ3) is 5.24. The number of amides is 1. The zero-order valence-electron chi connectivity index (χ0n) is 19.5. The molecule has 0 fully saturated rings. The van der Waals surface area contributed by atoms with Crippen molar-refractivity contribution in [1.82, 2.24) is 4.72 Å². The Morgan fingerprint density at radius 2 is 1.79 bits per heavy atom. The van der Waals surface area contributed by atoms with E-state index >= 15 is 0 Å². The first-order chi connectivity index (χ1) is 16.3. The van der Waals surface area contributed by atoms with Gasteiger partial charge in [0.05, 0.1) is 17.7 Å². The molecule has 4 rings (SSSR count). The van der Waals surface area contributed by atoms with Crippen LogP contribution >= 0.6 is 0 Å². The van der Waals surface area contributed by atoms with E-state index in [-0.39, 0.29) is 22.5 Å². The number of anilines is 2. The maximum absolute atomic E-state index is 12.9. The predicted octanol–water partition coefficient (Wildman–Crippen LogP) is 4.20. The van der Waals surface area contributed by atoms with Gasteiger partial charge in [0.1, 0.15) is 5.75 Å². The SMILES string of the molecule is COc1ccc(S(=O)(=O)NC(C)C)cc1NC(=O)c1ccc(CN2CCc3ccccc32)cc1. The number of rotatable bonds is 8. The molecule has 3 aromatic carbocycles. The zero-order valence-corrected chi connectivity index (χ0v) is 20.4. The third-order valence-corrected chi connectivity index (χ3v) is 7.35. The average Bonchev–Trinajstić information content (AvgIpc) is 3.21. The molecular weight excluding hydrogens is 450 g/mol. The molecule has 7 nitrogen and oxygen atoms in total. The fraction of sp³-hybridized carbons (Fsp3) is 0.269. The molecule has 0 saturated heterocycles. The van der Waals surface area contributed by atoms with E-state index in [2.05, 4.69) is 39.2 Å². The first-order valence-corrected chi connectivity index (χ1v) is 12.7. The lowest BCUT2D eigenvalue weighted by atomic mass is 10.1. The highest BCUT2D eigenvalue weighted by Gasteiger charge is 2.20. The molecule has 3 aromatic rings. The van der Waals surface area contributed by atoms with E-state index in [0.717, 1.165) is 25.1 Å². The van der Waals surface area contributed by atoms with Gasteiger partial charge in [-0.2, -0.15) is 0 Å². The van der Waals surface area contributed by atoms with Gasteiger partial charge >= 0.3 is 0 Å². The second kappa shape index (κ2) is 9.87. The summed E-state index contributed by atoms with van der Waals surface area (Å²) in [6.45, 7) is 5.24. The van der Waals surface area contributed by atoms with Crippen LogP contribution in [0.2, 0.25) is 0 Å². The lowest BCUT2D eigenvalue weighted by molar-refractivity contribution is 0.102. The van der Waals surface area contributed by atoms with Gasteiger partial charge in [-0.25, -0.2) is 13.1 Å². The number of carbonyl (C=O) groups excluding carboxylic acids is 1. The van der Waals surface area contributed by atoms with Crippen molar-refractivity contribution in [3.8, 4) is 5.75 Å². The van der Waals surface area contributed by atoms with Crippen LogP contribution in [0.3, 0.4) is 0 Å². The molecule has 178 valence electrons. The van der Waals surface area contributed by atoms with E-state index in [9.17, 15) is 13.2 Å². The second-order valence-electron chi connectivity index (χ2n) is 8.59. The smallest absolute Gasteiger partial charge is 0.255 e. The fourth-order valence-electron chi connectivity index (χ4n) is 4.08. The Balaban J connectivity index is 1.48. The number of ether oxygens (including phenoxy) is 1. The second-order valence-corrected chi connectivity index (χ2v) is 10.3. The Morgan fingerprint density at radius 3 is 2.50 bits per heavy atom. The number of benzene rings is 3. The number of fused-ring (bicyclic) bond motifs is 1. The number of para-hydroxylation sites is 1. The van der Waals surface area contributed by atoms with Crippen molar-refractivity contribution in [2.75, 3.05) is 23.9 Å². The van der Waals surface area contributed by atoms with Crippen molar-refractivity contribution >= 4 is 27.3 Å². The van der Waals surface area contributed by atoms with Crippen LogP contribution in [0.1, 0.15) is 35.3 Å². The third-order valence-electron chi connectivity index (χ3n) is 5.69. The van der Waals surface area contributed by atoms with Gasteiger partial charge in [-0.15, -0.1) is 0 Å². The minimum absolute atomic E-state index is 0.0542. The standard InChI is InChI=1S/C26H29N3O4S/c1-18(2)28-34(31,32)22-12-13-25(33-3)23(16-22)27-26(30)21-10-8-19(9-11-21)17-29-15-14-20-6-4-5-7-24(20)29/h4-13,16,18,28H,14-15,17H2,1-3H3,(H,27,30). The monoisotopic (exact) mass is 479 g/mol. The van der Waals surface area contributed by atoms with Crippen LogP contribution in [0.25, 0.3) is 0 Å². The minimum Gasteiger partial charge on any atom is -0.495 e. The summed E-state index contributed by atoms with van der Waals surface area (Å²) in [6, 6.07) is 20.0. The molecule has 8 heteroatoms. The topological polar surface area (TPSA) is 87.7 Å². The Hall–Kier alpha value is -3.36. The lowest BCUT2D eigenvalue weighted by Gasteiger charge is -2.19. The summed E-state index contributed by atoms with van der Waals surface area (Å²) in [7, 11) is -2.24. The van der Waals surface area contributed by atoms with Crippen molar-refractivity contribution < 1.29 is 17.9 Å². The molecule has 0 aliphatic carbocycles. The average molecular weight is 480 g/mol. The highest BCUT2D eigenvalue weighted by Crippen LogP contribution is 2.30. The Labute approximate surface area is 200 Å². The van der Waals surface area contributed by atoms with Crippen molar-refractivity contribution in [2.45, 2.75) is 37.8 Å². The maximum atomic E-state index is 12.9. The van der Waals surface area contributed by atoms with Crippen LogP contribution in [0.4, 0.5) is 11.4 Å². The number of sulfonamides is 1. The highest BCUT2D eigenvalue weighted by atomic mass is 32.2. The summed E-state index contributed by atoms with van der Waals surface area (Å²) in [5.74, 6) is 0.0314. The number of methoxy groups -OCH3 is 1. The van der Waals surface area contributed by atoms with E-state index in [1.807, 2.05) is 12.1 Å². The van der Waals surface area contributed by atoms with Crippen molar-refractivity contribution in [3.63, 3.8) is 0 Å². The molecule has 0 bridgehead atoms. The van der Waals surface area contributed by atoms with Crippen molar-refractivity contribution in [3.05, 3.63) is 83.4 Å². The van der Waals surface area contributed by atoms with Gasteiger partial charge in [0.15, 0.2) is 0 Å². The number of hydrogen-bond donors (Lipinski definition) is 2. The molecule has 0 aromatic heterocycles. The number of hydrogen-bond acceptors (Lipinski definition) is 5. The number of nitrogens with one attached hydrogen (secondary N) is 2. The Morgan fingerprint density at radius 1 is 1.06 bits per heavy atom. The predicted molar refractivity (Wildman–Crippen MR) is 134 cm³/mol. The number of carbonyl (C=O) groups is 1. The van der Waals surface area contributed by atoms with Gasteiger partial charge < -0.3 is 15.0 Å². The maximum Gasteiger partial charge on any atom is 0.255 e. The first-order valence-electron chi connectivity index (χ1n) is 11.2. The number of nitrogens with zero attached hydrogens (tertiary/aromatic N) is 1. The van der Waals surface area contributed by atoms with Gasteiger partial charge in [0.2, 0.25) is 10.0 Å². The first kappa shape index (κ1) is 23.8. The van der Waals surface area contributed by atoms with Crippen LogP contribution in [0, 0.1) is 0 Å². The largest absolute Gasteiger partial charge is 0.495 e. The normalized spacial score (nSPS) is 13.1. The zero-order chi connectivity index (χ0) is 24.3. The van der Waals surface area contributed by atoms with E-state index in [4.69, 9.17) is 4.74 Å². The van der Waals surface area contributed by atoms with E-state index in [1.54, 1.807) is 26.0 Å². The molecule has 0 unspecified atom stereocenters. The van der Waals surface area contributed by atoms with Crippen LogP contribution < -0.4 is 19.7 Å². The molecule has 2 N–H and O–H groups in total. The molecule has 0 radical (unpaired) electrons. The molecule has 1 amide bonds. The summed E-state index contributed by atoms with van der Waals surface area (Å²) in [5.41, 5.74) is 4.50. The molecule has 1 aliphatic heterocycles. The van der Waals surface area contributed by atoms with Crippen LogP contribution in [-0.4, -0.2) is 34.0 Å². The highest BCUT2D eigenvalue weighted by molar-refractivity contribution is 7.89. The van der Waals surface area contributed by atoms with Gasteiger partial charge in [-0.05, 0) is 67.8 Å². The lowest BCUT2D eigenvalue weighted by Crippen LogP contribution is -2.30. The van der Waals surface area contributed by atoms with E-state index in [0.29, 0.717) is 11.3 Å². The molecule has 1 aliphatic rings. The summed E-state index contributed by atoms with van der Waals surface area (Å²) in [6.07, 6.45) is 1.04. The molecule has 34 heavy (non-hydrogen) atoms. The van der Waals surface area contributed by atoms with Gasteiger partial charge in [-0.3, -0.25) is 4.79 Å². The van der Waals surface area contributed by atoms with Crippen LogP contribution in [-0.2, 0) is 23.0 Å². The molecule has 0 saturated carbocycles. The summed E-state index contributed by atoms with van der Waals surface area (Å²) in [4.78, 5) is 15.3. The van der Waals surface area contributed by atoms with Gasteiger partial charge in [-0.1, -0.05) is 30.3 Å². The van der Waals surface area contributed by atoms with Crippen LogP contribution in [0.15, 0.2) is 71.6 Å². The minimum atomic E-state index is -3.71. The van der Waals surface area contributed by atoms with Gasteiger partial charge in [0.25, 0.3) is 5.91 Å². The Bertz CT molecular complexity index is 1290. The Kier molecular flexibility index (Phi) is 6.90. The molecule has 0 atom stereocenters. The summed E-state index contributed by atoms with van der Waals surface area (Å²) in [5, 5.41) is 2.78. The van der Waals surface area contributed by atoms with Gasteiger partial charge in [0, 0.05) is 30.4 Å².